The van der Waals surface area contributed by atoms with Crippen LogP contribution in [-0.2, 0) is 20.8 Å². The highest BCUT2D eigenvalue weighted by atomic mass is 16.5. The molecule has 0 saturated carbocycles. The molecule has 10 heteroatoms. The van der Waals surface area contributed by atoms with Crippen LogP contribution in [0.3, 0.4) is 0 Å². The molecule has 2 aromatic heterocycles. The van der Waals surface area contributed by atoms with E-state index in [1.54, 1.807) is 20.8 Å². The second kappa shape index (κ2) is 8.30. The zero-order valence-corrected chi connectivity index (χ0v) is 15.1. The van der Waals surface area contributed by atoms with Gasteiger partial charge in [-0.3, -0.25) is 23.9 Å². The van der Waals surface area contributed by atoms with E-state index in [1.807, 2.05) is 4.98 Å². The van der Waals surface area contributed by atoms with Crippen LogP contribution in [-0.4, -0.2) is 45.5 Å². The van der Waals surface area contributed by atoms with Gasteiger partial charge in [0.2, 0.25) is 5.78 Å². The third kappa shape index (κ3) is 4.60. The van der Waals surface area contributed by atoms with Crippen molar-refractivity contribution in [1.82, 2.24) is 14.5 Å². The highest BCUT2D eigenvalue weighted by molar-refractivity contribution is 6.02. The predicted octanol–water partition coefficient (Wildman–Crippen LogP) is 0.0843. The molecule has 0 spiro atoms. The van der Waals surface area contributed by atoms with Crippen LogP contribution < -0.4 is 11.2 Å². The summed E-state index contributed by atoms with van der Waals surface area (Å²) in [6.07, 6.45) is 1.15. The fourth-order valence-electron chi connectivity index (χ4n) is 2.51. The number of ether oxygens (including phenoxy) is 2. The van der Waals surface area contributed by atoms with E-state index in [4.69, 9.17) is 9.47 Å². The van der Waals surface area contributed by atoms with Gasteiger partial charge in [0.15, 0.2) is 6.61 Å². The summed E-state index contributed by atoms with van der Waals surface area (Å²) in [5.74, 6) is -1.91. The number of hydrogen-bond acceptors (Lipinski definition) is 7. The first-order valence-electron chi connectivity index (χ1n) is 8.09. The Labute approximate surface area is 153 Å². The van der Waals surface area contributed by atoms with Crippen molar-refractivity contribution in [2.45, 2.75) is 27.3 Å². The number of aromatic amines is 2. The second-order valence-electron chi connectivity index (χ2n) is 5.67. The number of H-pyrrole nitrogens is 2. The smallest absolute Gasteiger partial charge is 0.340 e. The van der Waals surface area contributed by atoms with Gasteiger partial charge in [0.05, 0.1) is 17.9 Å². The molecule has 2 heterocycles. The molecule has 0 saturated heterocycles. The Balaban J connectivity index is 2.04. The number of esters is 2. The Morgan fingerprint density at radius 3 is 2.44 bits per heavy atom. The van der Waals surface area contributed by atoms with Crippen LogP contribution in [0.25, 0.3) is 0 Å². The lowest BCUT2D eigenvalue weighted by atomic mass is 10.1. The van der Waals surface area contributed by atoms with E-state index in [0.717, 1.165) is 16.8 Å². The maximum atomic E-state index is 12.3. The molecule has 0 unspecified atom stereocenters. The Hall–Kier alpha value is -3.43. The first-order valence-corrected chi connectivity index (χ1v) is 8.09. The normalized spacial score (nSPS) is 10.5. The predicted molar refractivity (Wildman–Crippen MR) is 92.8 cm³/mol. The molecule has 144 valence electrons. The summed E-state index contributed by atoms with van der Waals surface area (Å²) in [4.78, 5) is 63.4. The summed E-state index contributed by atoms with van der Waals surface area (Å²) in [5, 5.41) is 0. The Bertz CT molecular complexity index is 997. The lowest BCUT2D eigenvalue weighted by Crippen LogP contribution is -2.31. The number of hydrogen-bond donors (Lipinski definition) is 2. The first-order chi connectivity index (χ1) is 12.7. The van der Waals surface area contributed by atoms with E-state index < -0.39 is 42.1 Å². The highest BCUT2D eigenvalue weighted by Gasteiger charge is 2.23. The number of aromatic nitrogens is 3. The quantitative estimate of drug-likeness (QED) is 0.514. The molecular formula is C17H19N3O7. The van der Waals surface area contributed by atoms with Gasteiger partial charge in [-0.2, -0.15) is 0 Å². The van der Waals surface area contributed by atoms with Gasteiger partial charge in [-0.25, -0.2) is 9.59 Å². The third-order valence-corrected chi connectivity index (χ3v) is 3.76. The summed E-state index contributed by atoms with van der Waals surface area (Å²) in [5.41, 5.74) is -0.0596. The monoisotopic (exact) mass is 377 g/mol. The largest absolute Gasteiger partial charge is 0.462 e. The fraction of sp³-hybridized carbons (Fsp3) is 0.353. The number of aryl methyl sites for hydroxylation is 1. The van der Waals surface area contributed by atoms with Gasteiger partial charge >= 0.3 is 17.6 Å². The molecule has 0 radical (unpaired) electrons. The average Bonchev–Trinajstić information content (AvgIpc) is 2.90. The van der Waals surface area contributed by atoms with Gasteiger partial charge in [-0.05, 0) is 26.3 Å². The molecule has 0 aromatic carbocycles. The number of carbonyl (C=O) groups is 3. The van der Waals surface area contributed by atoms with E-state index in [1.165, 1.54) is 0 Å². The molecule has 0 aliphatic rings. The van der Waals surface area contributed by atoms with Gasteiger partial charge in [0, 0.05) is 18.0 Å². The van der Waals surface area contributed by atoms with Crippen LogP contribution in [0.5, 0.6) is 0 Å². The number of ketones is 1. The molecule has 10 nitrogen and oxygen atoms in total. The van der Waals surface area contributed by atoms with Gasteiger partial charge in [-0.15, -0.1) is 0 Å². The summed E-state index contributed by atoms with van der Waals surface area (Å²) in [6.45, 7) is 4.07. The first kappa shape index (κ1) is 19.9. The molecule has 0 bridgehead atoms. The van der Waals surface area contributed by atoms with E-state index in [2.05, 4.69) is 4.98 Å². The van der Waals surface area contributed by atoms with Gasteiger partial charge < -0.3 is 14.5 Å². The highest BCUT2D eigenvalue weighted by Crippen LogP contribution is 2.19. The molecule has 0 atom stereocenters. The van der Waals surface area contributed by atoms with Crippen molar-refractivity contribution in [2.75, 3.05) is 13.2 Å². The van der Waals surface area contributed by atoms with Crippen molar-refractivity contribution < 1.29 is 23.9 Å². The van der Waals surface area contributed by atoms with Crippen LogP contribution in [0, 0.1) is 13.8 Å². The van der Waals surface area contributed by atoms with Crippen molar-refractivity contribution in [3.05, 3.63) is 55.6 Å². The fourth-order valence-corrected chi connectivity index (χ4v) is 2.51. The second-order valence-corrected chi connectivity index (χ2v) is 5.67. The molecule has 0 amide bonds. The number of nitrogens with zero attached hydrogens (tertiary/aromatic N) is 1. The zero-order valence-electron chi connectivity index (χ0n) is 15.1. The van der Waals surface area contributed by atoms with Crippen molar-refractivity contribution in [3.8, 4) is 0 Å². The van der Waals surface area contributed by atoms with E-state index in [0.29, 0.717) is 11.3 Å². The molecule has 2 N–H and O–H groups in total. The number of carbonyl (C=O) groups excluding carboxylic acids is 3. The lowest BCUT2D eigenvalue weighted by molar-refractivity contribution is -0.143. The Morgan fingerprint density at radius 2 is 1.81 bits per heavy atom. The van der Waals surface area contributed by atoms with Crippen molar-refractivity contribution in [1.29, 1.82) is 0 Å². The van der Waals surface area contributed by atoms with Crippen LogP contribution in [0.1, 0.15) is 39.0 Å². The van der Waals surface area contributed by atoms with Crippen molar-refractivity contribution in [3.63, 3.8) is 0 Å². The lowest BCUT2D eigenvalue weighted by Gasteiger charge is -2.06. The SMILES string of the molecule is CCOC(=O)c1c(C)[nH]c(C(=O)COC(=O)Cn2ccc(=O)[nH]c2=O)c1C. The molecule has 0 fully saturated rings. The van der Waals surface area contributed by atoms with Gasteiger partial charge in [0.25, 0.3) is 5.56 Å². The Kier molecular flexibility index (Phi) is 6.11. The van der Waals surface area contributed by atoms with Gasteiger partial charge in [-0.1, -0.05) is 0 Å². The van der Waals surface area contributed by atoms with Crippen molar-refractivity contribution >= 4 is 17.7 Å². The molecule has 0 aliphatic heterocycles. The average molecular weight is 377 g/mol. The Morgan fingerprint density at radius 1 is 1.11 bits per heavy atom. The maximum Gasteiger partial charge on any atom is 0.340 e. The summed E-state index contributed by atoms with van der Waals surface area (Å²) in [7, 11) is 0. The van der Waals surface area contributed by atoms with E-state index in [-0.39, 0.29) is 17.9 Å². The molecule has 2 aromatic rings. The minimum atomic E-state index is -0.830. The minimum absolute atomic E-state index is 0.143. The third-order valence-electron chi connectivity index (χ3n) is 3.76. The van der Waals surface area contributed by atoms with Crippen LogP contribution in [0.15, 0.2) is 21.9 Å². The van der Waals surface area contributed by atoms with Crippen LogP contribution in [0.2, 0.25) is 0 Å². The van der Waals surface area contributed by atoms with E-state index >= 15 is 0 Å². The molecule has 2 rings (SSSR count). The maximum absolute atomic E-state index is 12.3. The molecule has 27 heavy (non-hydrogen) atoms. The van der Waals surface area contributed by atoms with Crippen molar-refractivity contribution in [2.24, 2.45) is 0 Å². The van der Waals surface area contributed by atoms with E-state index in [9.17, 15) is 24.0 Å². The number of Topliss-reactive ketones (excluding diaryl/α,β-unsaturated/α-hetero) is 1. The van der Waals surface area contributed by atoms with Gasteiger partial charge in [0.1, 0.15) is 6.54 Å². The summed E-state index contributed by atoms with van der Waals surface area (Å²) >= 11 is 0. The summed E-state index contributed by atoms with van der Waals surface area (Å²) in [6, 6.07) is 1.09. The standard InChI is InChI=1S/C17H19N3O7/c1-4-26-16(24)14-9(2)15(18-10(14)3)11(21)8-27-13(23)7-20-6-5-12(22)19-17(20)25/h5-6,18H,4,7-8H2,1-3H3,(H,19,22,25). The number of nitrogens with one attached hydrogen (secondary N) is 2. The minimum Gasteiger partial charge on any atom is -0.462 e. The topological polar surface area (TPSA) is 140 Å². The number of rotatable bonds is 7. The van der Waals surface area contributed by atoms with Crippen LogP contribution in [0.4, 0.5) is 0 Å². The van der Waals surface area contributed by atoms with Crippen LogP contribution >= 0.6 is 0 Å². The molecular weight excluding hydrogens is 358 g/mol. The zero-order chi connectivity index (χ0) is 20.1. The molecule has 0 aliphatic carbocycles. The summed E-state index contributed by atoms with van der Waals surface area (Å²) < 4.78 is 10.8.